The zero-order valence-corrected chi connectivity index (χ0v) is 25.4. The molecule has 0 saturated carbocycles. The molecule has 1 unspecified atom stereocenters. The van der Waals surface area contributed by atoms with Crippen LogP contribution in [0.3, 0.4) is 0 Å². The third-order valence-corrected chi connectivity index (χ3v) is 9.76. The number of fused-ring (bicyclic) bond motifs is 8. The molecule has 42 heavy (non-hydrogen) atoms. The van der Waals surface area contributed by atoms with Gasteiger partial charge in [-0.3, -0.25) is 24.0 Å². The highest BCUT2D eigenvalue weighted by molar-refractivity contribution is 8.76. The van der Waals surface area contributed by atoms with Gasteiger partial charge < -0.3 is 20.7 Å². The molecule has 2 aromatic carbocycles. The molecular weight excluding hydrogens is 574 g/mol. The first-order chi connectivity index (χ1) is 20.2. The lowest BCUT2D eigenvalue weighted by atomic mass is 9.88. The molecule has 3 N–H and O–H groups in total. The van der Waals surface area contributed by atoms with Crippen molar-refractivity contribution in [1.82, 2.24) is 16.0 Å². The number of benzene rings is 2. The van der Waals surface area contributed by atoms with Crippen LogP contribution in [0.15, 0.2) is 54.6 Å². The highest BCUT2D eigenvalue weighted by Gasteiger charge is 2.33. The van der Waals surface area contributed by atoms with Crippen molar-refractivity contribution in [2.45, 2.75) is 57.7 Å². The summed E-state index contributed by atoms with van der Waals surface area (Å²) in [5.74, 6) is -2.23. The van der Waals surface area contributed by atoms with Crippen LogP contribution in [0.25, 0.3) is 10.8 Å². The van der Waals surface area contributed by atoms with E-state index in [2.05, 4.69) is 16.0 Å². The van der Waals surface area contributed by atoms with E-state index >= 15 is 0 Å². The molecule has 2 aliphatic heterocycles. The van der Waals surface area contributed by atoms with Gasteiger partial charge in [-0.05, 0) is 34.8 Å². The fourth-order valence-electron chi connectivity index (χ4n) is 5.00. The van der Waals surface area contributed by atoms with Crippen LogP contribution in [-0.4, -0.2) is 65.7 Å². The van der Waals surface area contributed by atoms with Gasteiger partial charge in [0.05, 0.1) is 0 Å². The number of rotatable bonds is 3. The number of Topliss-reactive ketones (excluding diaryl/α,β-unsaturated/α-hetero) is 1. The van der Waals surface area contributed by atoms with Gasteiger partial charge in [0.25, 0.3) is 0 Å². The second-order valence-corrected chi connectivity index (χ2v) is 13.5. The van der Waals surface area contributed by atoms with E-state index in [9.17, 15) is 24.0 Å². The second-order valence-electron chi connectivity index (χ2n) is 10.8. The molecular formula is C31H37N3O6S2. The Bertz CT molecular complexity index is 1340. The van der Waals surface area contributed by atoms with Crippen molar-refractivity contribution in [2.24, 2.45) is 11.8 Å². The van der Waals surface area contributed by atoms with E-state index in [0.717, 1.165) is 22.1 Å². The number of allylic oxidation sites excluding steroid dienone is 1. The molecule has 2 heterocycles. The maximum atomic E-state index is 13.7. The minimum atomic E-state index is -1.02. The lowest BCUT2D eigenvalue weighted by Crippen LogP contribution is -2.56. The summed E-state index contributed by atoms with van der Waals surface area (Å²) >= 11 is 0. The Morgan fingerprint density at radius 1 is 0.905 bits per heavy atom. The van der Waals surface area contributed by atoms with Gasteiger partial charge in [-0.2, -0.15) is 0 Å². The standard InChI is InChI=1S/C31H37N3O6S2/c1-19(2)25-16-22(35)15-23-11-5-6-13-41-42-18-27(34-29(25)37)31(39)33-26(30(38)32-17-28(36)40-23)14-21-10-7-9-20-8-3-4-12-24(20)21/h3-5,7-12,19,23,25-27H,6,13-18H2,1-2H3,(H,32,38)(H,33,39)(H,34,37)/b11-5+/t23?,25-,26+,27-/m1/s1. The number of carbonyl (C=O) groups is 5. The number of amides is 3. The molecule has 2 bridgehead atoms. The van der Waals surface area contributed by atoms with E-state index in [1.165, 1.54) is 10.8 Å². The fourth-order valence-corrected chi connectivity index (χ4v) is 7.16. The van der Waals surface area contributed by atoms with Crippen LogP contribution in [0.5, 0.6) is 0 Å². The minimum Gasteiger partial charge on any atom is -0.456 e. The molecule has 0 radical (unpaired) electrons. The normalized spacial score (nSPS) is 26.1. The maximum Gasteiger partial charge on any atom is 0.326 e. The molecule has 0 aromatic heterocycles. The van der Waals surface area contributed by atoms with E-state index in [1.807, 2.05) is 62.4 Å². The predicted molar refractivity (Wildman–Crippen MR) is 166 cm³/mol. The van der Waals surface area contributed by atoms with Crippen molar-refractivity contribution in [3.05, 3.63) is 60.2 Å². The van der Waals surface area contributed by atoms with Gasteiger partial charge >= 0.3 is 5.97 Å². The maximum absolute atomic E-state index is 13.7. The first-order valence-corrected chi connectivity index (χ1v) is 16.7. The highest BCUT2D eigenvalue weighted by atomic mass is 33.1. The Kier molecular flexibility index (Phi) is 11.5. The topological polar surface area (TPSA) is 131 Å². The van der Waals surface area contributed by atoms with Crippen LogP contribution in [0.4, 0.5) is 0 Å². The predicted octanol–water partition coefficient (Wildman–Crippen LogP) is 3.36. The third-order valence-electron chi connectivity index (χ3n) is 7.31. The van der Waals surface area contributed by atoms with E-state index in [0.29, 0.717) is 6.42 Å². The van der Waals surface area contributed by atoms with E-state index in [1.54, 1.807) is 16.9 Å². The summed E-state index contributed by atoms with van der Waals surface area (Å²) in [4.78, 5) is 66.4. The summed E-state index contributed by atoms with van der Waals surface area (Å²) in [6, 6.07) is 11.6. The van der Waals surface area contributed by atoms with Crippen molar-refractivity contribution < 1.29 is 28.7 Å². The Labute approximate surface area is 253 Å². The number of hydrogen-bond acceptors (Lipinski definition) is 8. The van der Waals surface area contributed by atoms with Crippen molar-refractivity contribution in [1.29, 1.82) is 0 Å². The molecule has 1 saturated heterocycles. The van der Waals surface area contributed by atoms with Crippen molar-refractivity contribution in [2.75, 3.05) is 18.1 Å². The van der Waals surface area contributed by atoms with Crippen LogP contribution in [0.2, 0.25) is 0 Å². The van der Waals surface area contributed by atoms with Crippen molar-refractivity contribution in [3.8, 4) is 0 Å². The summed E-state index contributed by atoms with van der Waals surface area (Å²) < 4.78 is 5.58. The SMILES string of the molecule is CC(C)[C@H]1CC(=O)CC2/C=C/CCSSC[C@@H](NC1=O)C(=O)N[C@@H](Cc1cccc3ccccc13)C(=O)NCC(=O)O2. The summed E-state index contributed by atoms with van der Waals surface area (Å²) in [6.07, 6.45) is 3.47. The van der Waals surface area contributed by atoms with Crippen molar-refractivity contribution in [3.63, 3.8) is 0 Å². The van der Waals surface area contributed by atoms with Crippen LogP contribution in [0, 0.1) is 11.8 Å². The van der Waals surface area contributed by atoms with Crippen LogP contribution < -0.4 is 16.0 Å². The van der Waals surface area contributed by atoms with Gasteiger partial charge in [-0.15, -0.1) is 0 Å². The molecule has 4 rings (SSSR count). The fraction of sp³-hybridized carbons (Fsp3) is 0.452. The molecule has 1 fully saturated rings. The van der Waals surface area contributed by atoms with Gasteiger partial charge in [0.2, 0.25) is 17.7 Å². The van der Waals surface area contributed by atoms with Crippen LogP contribution in [-0.2, 0) is 35.1 Å². The largest absolute Gasteiger partial charge is 0.456 e. The summed E-state index contributed by atoms with van der Waals surface area (Å²) in [7, 11) is 3.01. The first kappa shape index (κ1) is 31.6. The molecule has 2 aromatic rings. The lowest BCUT2D eigenvalue weighted by molar-refractivity contribution is -0.148. The average molecular weight is 612 g/mol. The number of ketones is 1. The average Bonchev–Trinajstić information content (AvgIpc) is 2.96. The molecule has 0 spiro atoms. The number of esters is 1. The van der Waals surface area contributed by atoms with E-state index < -0.39 is 54.3 Å². The highest BCUT2D eigenvalue weighted by Crippen LogP contribution is 2.25. The van der Waals surface area contributed by atoms with Gasteiger partial charge in [-0.1, -0.05) is 84.0 Å². The number of hydrogen-bond donors (Lipinski definition) is 3. The van der Waals surface area contributed by atoms with Crippen LogP contribution in [0.1, 0.15) is 38.7 Å². The number of nitrogens with one attached hydrogen (secondary N) is 3. The van der Waals surface area contributed by atoms with Crippen LogP contribution >= 0.6 is 21.6 Å². The first-order valence-electron chi connectivity index (χ1n) is 14.2. The van der Waals surface area contributed by atoms with Crippen molar-refractivity contribution >= 4 is 61.8 Å². The van der Waals surface area contributed by atoms with Gasteiger partial charge in [0.15, 0.2) is 0 Å². The quantitative estimate of drug-likeness (QED) is 0.274. The molecule has 4 atom stereocenters. The molecule has 0 aliphatic carbocycles. The summed E-state index contributed by atoms with van der Waals surface area (Å²) in [5.41, 5.74) is 0.852. The molecule has 11 heteroatoms. The Hall–Kier alpha value is -3.31. The Morgan fingerprint density at radius 2 is 1.69 bits per heavy atom. The lowest BCUT2D eigenvalue weighted by Gasteiger charge is -2.26. The molecule has 2 aliphatic rings. The number of ether oxygens (including phenoxy) is 1. The summed E-state index contributed by atoms with van der Waals surface area (Å²) in [6.45, 7) is 3.29. The zero-order valence-electron chi connectivity index (χ0n) is 23.8. The minimum absolute atomic E-state index is 0.0396. The summed E-state index contributed by atoms with van der Waals surface area (Å²) in [5, 5.41) is 10.3. The molecule has 224 valence electrons. The van der Waals surface area contributed by atoms with E-state index in [4.69, 9.17) is 4.74 Å². The zero-order chi connectivity index (χ0) is 30.1. The van der Waals surface area contributed by atoms with E-state index in [-0.39, 0.29) is 36.7 Å². The Morgan fingerprint density at radius 3 is 2.50 bits per heavy atom. The van der Waals surface area contributed by atoms with Gasteiger partial charge in [0, 0.05) is 36.7 Å². The second kappa shape index (κ2) is 15.2. The third kappa shape index (κ3) is 8.84. The Balaban J connectivity index is 1.70. The monoisotopic (exact) mass is 611 g/mol. The van der Waals surface area contributed by atoms with Gasteiger partial charge in [0.1, 0.15) is 30.5 Å². The smallest absolute Gasteiger partial charge is 0.326 e. The molecule has 9 nitrogen and oxygen atoms in total. The molecule has 3 amide bonds. The van der Waals surface area contributed by atoms with Gasteiger partial charge in [-0.25, -0.2) is 0 Å². The number of carbonyl (C=O) groups excluding carboxylic acids is 5.